The van der Waals surface area contributed by atoms with Crippen LogP contribution in [0.4, 0.5) is 4.79 Å². The van der Waals surface area contributed by atoms with E-state index in [1.54, 1.807) is 0 Å². The summed E-state index contributed by atoms with van der Waals surface area (Å²) in [4.78, 5) is 11.8. The van der Waals surface area contributed by atoms with Crippen molar-refractivity contribution in [3.8, 4) is 5.75 Å². The van der Waals surface area contributed by atoms with Crippen molar-refractivity contribution in [2.45, 2.75) is 24.2 Å². The summed E-state index contributed by atoms with van der Waals surface area (Å²) in [6.45, 7) is 3.54. The zero-order chi connectivity index (χ0) is 18.6. The van der Waals surface area contributed by atoms with Crippen molar-refractivity contribution in [3.63, 3.8) is 0 Å². The molecular formula is C16H16Cl2N2O4S. The highest BCUT2D eigenvalue weighted by Crippen LogP contribution is 2.27. The SMILES string of the molecule is C=CCc1cc(S(=O)(=O)NC(=O)NC2=CC(Cl)=C(Cl)CC2)ccc1O. The average molecular weight is 403 g/mol. The molecule has 0 fully saturated rings. The fourth-order valence-corrected chi connectivity index (χ4v) is 3.50. The second-order valence-corrected chi connectivity index (χ2v) is 7.81. The summed E-state index contributed by atoms with van der Waals surface area (Å²) in [5.41, 5.74) is 0.847. The number of hydrogen-bond acceptors (Lipinski definition) is 4. The normalized spacial score (nSPS) is 14.7. The van der Waals surface area contributed by atoms with Gasteiger partial charge in [0.15, 0.2) is 0 Å². The molecule has 0 bridgehead atoms. The van der Waals surface area contributed by atoms with Gasteiger partial charge in [0.25, 0.3) is 10.0 Å². The number of amides is 2. The summed E-state index contributed by atoms with van der Waals surface area (Å²) in [6.07, 6.45) is 4.19. The molecule has 0 heterocycles. The van der Waals surface area contributed by atoms with Crippen LogP contribution in [-0.2, 0) is 16.4 Å². The van der Waals surface area contributed by atoms with Crippen molar-refractivity contribution in [1.29, 1.82) is 0 Å². The molecule has 0 atom stereocenters. The molecule has 25 heavy (non-hydrogen) atoms. The third-order valence-corrected chi connectivity index (χ3v) is 5.56. The number of aromatic hydroxyl groups is 1. The Hall–Kier alpha value is -1.96. The van der Waals surface area contributed by atoms with Crippen LogP contribution in [0.5, 0.6) is 5.75 Å². The van der Waals surface area contributed by atoms with E-state index in [9.17, 15) is 18.3 Å². The number of halogens is 2. The molecule has 1 aliphatic carbocycles. The van der Waals surface area contributed by atoms with Gasteiger partial charge in [0, 0.05) is 10.7 Å². The summed E-state index contributed by atoms with van der Waals surface area (Å²) < 4.78 is 26.5. The number of allylic oxidation sites excluding steroid dienone is 5. The molecule has 0 saturated carbocycles. The third kappa shape index (κ3) is 5.01. The number of benzene rings is 1. The number of nitrogens with one attached hydrogen (secondary N) is 2. The molecule has 9 heteroatoms. The van der Waals surface area contributed by atoms with E-state index in [-0.39, 0.29) is 10.6 Å². The maximum atomic E-state index is 12.3. The van der Waals surface area contributed by atoms with Crippen LogP contribution >= 0.6 is 23.2 Å². The quantitative estimate of drug-likeness (QED) is 0.656. The van der Waals surface area contributed by atoms with Crippen molar-refractivity contribution < 1.29 is 18.3 Å². The average Bonchev–Trinajstić information content (AvgIpc) is 2.52. The van der Waals surface area contributed by atoms with Gasteiger partial charge < -0.3 is 10.4 Å². The number of hydrogen-bond donors (Lipinski definition) is 3. The maximum absolute atomic E-state index is 12.3. The van der Waals surface area contributed by atoms with E-state index in [4.69, 9.17) is 23.2 Å². The van der Waals surface area contributed by atoms with Gasteiger partial charge in [0.05, 0.1) is 9.93 Å². The molecule has 1 aromatic carbocycles. The van der Waals surface area contributed by atoms with Crippen molar-refractivity contribution in [2.75, 3.05) is 0 Å². The van der Waals surface area contributed by atoms with Crippen LogP contribution in [0.3, 0.4) is 0 Å². The molecule has 1 aliphatic rings. The Morgan fingerprint density at radius 1 is 1.32 bits per heavy atom. The Kier molecular flexibility index (Phi) is 6.16. The van der Waals surface area contributed by atoms with Crippen LogP contribution in [-0.4, -0.2) is 19.6 Å². The van der Waals surface area contributed by atoms with E-state index in [2.05, 4.69) is 11.9 Å². The molecule has 0 radical (unpaired) electrons. The molecule has 134 valence electrons. The van der Waals surface area contributed by atoms with Crippen molar-refractivity contribution in [2.24, 2.45) is 0 Å². The lowest BCUT2D eigenvalue weighted by atomic mass is 10.1. The lowest BCUT2D eigenvalue weighted by molar-refractivity contribution is 0.248. The van der Waals surface area contributed by atoms with Gasteiger partial charge in [-0.25, -0.2) is 17.9 Å². The molecule has 2 amide bonds. The van der Waals surface area contributed by atoms with Crippen molar-refractivity contribution in [1.82, 2.24) is 10.0 Å². The summed E-state index contributed by atoms with van der Waals surface area (Å²) in [7, 11) is -4.10. The zero-order valence-electron chi connectivity index (χ0n) is 13.1. The molecule has 1 aromatic rings. The monoisotopic (exact) mass is 402 g/mol. The molecule has 2 rings (SSSR count). The standard InChI is InChI=1S/C16H16Cl2N2O4S/c1-2-3-10-8-12(5-7-15(10)21)25(23,24)20-16(22)19-11-4-6-13(17)14(18)9-11/h2,5,7-9,21H,1,3-4,6H2,(H2,19,20,22). The Balaban J connectivity index is 2.13. The molecule has 0 saturated heterocycles. The number of phenolic OH excluding ortho intramolecular Hbond substituents is 1. The van der Waals surface area contributed by atoms with Gasteiger partial charge >= 0.3 is 6.03 Å². The third-order valence-electron chi connectivity index (χ3n) is 3.40. The Labute approximate surface area is 155 Å². The summed E-state index contributed by atoms with van der Waals surface area (Å²) in [5.74, 6) is -0.0472. The van der Waals surface area contributed by atoms with E-state index in [0.29, 0.717) is 40.6 Å². The van der Waals surface area contributed by atoms with Crippen LogP contribution in [0.2, 0.25) is 0 Å². The van der Waals surface area contributed by atoms with Crippen LogP contribution in [0.25, 0.3) is 0 Å². The number of rotatable bonds is 5. The fourth-order valence-electron chi connectivity index (χ4n) is 2.17. The second-order valence-electron chi connectivity index (χ2n) is 5.27. The Bertz CT molecular complexity index is 876. The van der Waals surface area contributed by atoms with Gasteiger partial charge in [0.2, 0.25) is 0 Å². The number of phenols is 1. The van der Waals surface area contributed by atoms with E-state index in [1.807, 2.05) is 4.72 Å². The molecule has 0 aliphatic heterocycles. The first-order chi connectivity index (χ1) is 11.7. The van der Waals surface area contributed by atoms with E-state index >= 15 is 0 Å². The highest BCUT2D eigenvalue weighted by molar-refractivity contribution is 7.90. The minimum Gasteiger partial charge on any atom is -0.508 e. The largest absolute Gasteiger partial charge is 0.508 e. The highest BCUT2D eigenvalue weighted by Gasteiger charge is 2.20. The molecule has 0 unspecified atom stereocenters. The number of carbonyl (C=O) groups excluding carboxylic acids is 1. The topological polar surface area (TPSA) is 95.5 Å². The Morgan fingerprint density at radius 2 is 2.04 bits per heavy atom. The Morgan fingerprint density at radius 3 is 2.68 bits per heavy atom. The van der Waals surface area contributed by atoms with Crippen molar-refractivity contribution >= 4 is 39.3 Å². The predicted molar refractivity (Wildman–Crippen MR) is 96.9 cm³/mol. The highest BCUT2D eigenvalue weighted by atomic mass is 35.5. The smallest absolute Gasteiger partial charge is 0.332 e. The molecular weight excluding hydrogens is 387 g/mol. The van der Waals surface area contributed by atoms with E-state index < -0.39 is 16.1 Å². The minimum atomic E-state index is -4.10. The van der Waals surface area contributed by atoms with Crippen LogP contribution in [0.15, 0.2) is 57.6 Å². The van der Waals surface area contributed by atoms with Gasteiger partial charge in [-0.15, -0.1) is 6.58 Å². The fraction of sp³-hybridized carbons (Fsp3) is 0.188. The number of carbonyl (C=O) groups is 1. The molecule has 3 N–H and O–H groups in total. The number of sulfonamides is 1. The summed E-state index contributed by atoms with van der Waals surface area (Å²) in [6, 6.07) is 2.83. The van der Waals surface area contributed by atoms with E-state index in [0.717, 1.165) is 0 Å². The first-order valence-corrected chi connectivity index (χ1v) is 9.48. The van der Waals surface area contributed by atoms with E-state index in [1.165, 1.54) is 30.4 Å². The summed E-state index contributed by atoms with van der Waals surface area (Å²) >= 11 is 11.7. The van der Waals surface area contributed by atoms with Gasteiger partial charge in [0.1, 0.15) is 5.75 Å². The molecule has 0 aromatic heterocycles. The van der Waals surface area contributed by atoms with Gasteiger partial charge in [-0.2, -0.15) is 0 Å². The lowest BCUT2D eigenvalue weighted by Crippen LogP contribution is -2.39. The predicted octanol–water partition coefficient (Wildman–Crippen LogP) is 3.48. The lowest BCUT2D eigenvalue weighted by Gasteiger charge is -2.15. The van der Waals surface area contributed by atoms with Gasteiger partial charge in [-0.3, -0.25) is 0 Å². The van der Waals surface area contributed by atoms with Crippen LogP contribution in [0.1, 0.15) is 18.4 Å². The minimum absolute atomic E-state index is 0.0472. The second kappa shape index (κ2) is 7.95. The molecule has 6 nitrogen and oxygen atoms in total. The first-order valence-electron chi connectivity index (χ1n) is 7.24. The first kappa shape index (κ1) is 19.4. The zero-order valence-corrected chi connectivity index (χ0v) is 15.4. The molecule has 0 spiro atoms. The summed E-state index contributed by atoms with van der Waals surface area (Å²) in [5, 5.41) is 12.9. The number of urea groups is 1. The van der Waals surface area contributed by atoms with Crippen molar-refractivity contribution in [3.05, 3.63) is 58.3 Å². The van der Waals surface area contributed by atoms with Crippen LogP contribution < -0.4 is 10.0 Å². The van der Waals surface area contributed by atoms with Crippen LogP contribution in [0, 0.1) is 0 Å². The van der Waals surface area contributed by atoms with Gasteiger partial charge in [-0.1, -0.05) is 29.3 Å². The maximum Gasteiger partial charge on any atom is 0.332 e. The van der Waals surface area contributed by atoms with Gasteiger partial charge in [-0.05, 0) is 49.1 Å².